The van der Waals surface area contributed by atoms with Crippen LogP contribution in [0.1, 0.15) is 17.6 Å². The minimum Gasteiger partial charge on any atom is -0.269 e. The number of alkyl halides is 1. The van der Waals surface area contributed by atoms with Crippen molar-refractivity contribution in [2.24, 2.45) is 0 Å². The van der Waals surface area contributed by atoms with Crippen LogP contribution < -0.4 is 5.56 Å². The average Bonchev–Trinajstić information content (AvgIpc) is 2.30. The molecule has 0 bridgehead atoms. The van der Waals surface area contributed by atoms with Gasteiger partial charge in [0.2, 0.25) is 0 Å². The average molecular weight is 297 g/mol. The van der Waals surface area contributed by atoms with E-state index < -0.39 is 0 Å². The van der Waals surface area contributed by atoms with Crippen molar-refractivity contribution in [3.05, 3.63) is 58.5 Å². The molecule has 17 heavy (non-hydrogen) atoms. The second-order valence-electron chi connectivity index (χ2n) is 3.57. The topological polar surface area (TPSA) is 34.9 Å². The maximum Gasteiger partial charge on any atom is 0.258 e. The summed E-state index contributed by atoms with van der Waals surface area (Å²) >= 11 is 3.38. The van der Waals surface area contributed by atoms with Crippen LogP contribution in [0.2, 0.25) is 0 Å². The zero-order valence-corrected chi connectivity index (χ0v) is 10.7. The summed E-state index contributed by atoms with van der Waals surface area (Å²) in [6.45, 7) is 1.88. The molecule has 0 saturated carbocycles. The summed E-state index contributed by atoms with van der Waals surface area (Å²) in [4.78, 5) is 15.9. The van der Waals surface area contributed by atoms with Crippen molar-refractivity contribution in [3.63, 3.8) is 0 Å². The zero-order chi connectivity index (χ0) is 12.4. The number of hydrogen-bond donors (Lipinski definition) is 0. The predicted octanol–water partition coefficient (Wildman–Crippen LogP) is 2.83. The highest BCUT2D eigenvalue weighted by Crippen LogP contribution is 2.20. The molecule has 88 valence electrons. The Morgan fingerprint density at radius 2 is 1.94 bits per heavy atom. The Morgan fingerprint density at radius 3 is 2.53 bits per heavy atom. The summed E-state index contributed by atoms with van der Waals surface area (Å²) in [6, 6.07) is 7.12. The molecule has 0 aliphatic heterocycles. The van der Waals surface area contributed by atoms with Crippen LogP contribution in [0.5, 0.6) is 0 Å². The van der Waals surface area contributed by atoms with Crippen LogP contribution in [-0.4, -0.2) is 9.55 Å². The molecule has 1 aromatic carbocycles. The van der Waals surface area contributed by atoms with E-state index in [1.165, 1.54) is 29.0 Å². The van der Waals surface area contributed by atoms with Gasteiger partial charge >= 0.3 is 0 Å². The van der Waals surface area contributed by atoms with E-state index in [-0.39, 0.29) is 16.2 Å². The van der Waals surface area contributed by atoms with Gasteiger partial charge in [0.15, 0.2) is 0 Å². The van der Waals surface area contributed by atoms with Crippen molar-refractivity contribution >= 4 is 15.9 Å². The summed E-state index contributed by atoms with van der Waals surface area (Å²) in [6.07, 6.45) is 1.47. The van der Waals surface area contributed by atoms with Gasteiger partial charge in [-0.05, 0) is 31.2 Å². The van der Waals surface area contributed by atoms with Gasteiger partial charge in [0, 0.05) is 12.3 Å². The first-order chi connectivity index (χ1) is 8.09. The number of halogens is 2. The molecule has 0 aliphatic carbocycles. The molecule has 0 saturated heterocycles. The fourth-order valence-corrected chi connectivity index (χ4v) is 1.88. The van der Waals surface area contributed by atoms with Crippen LogP contribution in [0.15, 0.2) is 41.3 Å². The summed E-state index contributed by atoms with van der Waals surface area (Å²) in [5, 5.41) is 0. The standard InChI is InChI=1S/C12H10BrFN2O/c1-8(13)12-15-7-6-11(17)16(12)10-4-2-9(14)3-5-10/h2-8H,1H3/t8-/m1/s1. The fourth-order valence-electron chi connectivity index (χ4n) is 1.55. The molecule has 1 heterocycles. The van der Waals surface area contributed by atoms with E-state index in [1.54, 1.807) is 12.1 Å². The highest BCUT2D eigenvalue weighted by atomic mass is 79.9. The van der Waals surface area contributed by atoms with Gasteiger partial charge in [0.1, 0.15) is 11.6 Å². The van der Waals surface area contributed by atoms with E-state index >= 15 is 0 Å². The summed E-state index contributed by atoms with van der Waals surface area (Å²) in [7, 11) is 0. The second kappa shape index (κ2) is 4.79. The van der Waals surface area contributed by atoms with E-state index in [9.17, 15) is 9.18 Å². The third-order valence-electron chi connectivity index (χ3n) is 2.31. The molecule has 0 radical (unpaired) electrons. The second-order valence-corrected chi connectivity index (χ2v) is 4.94. The SMILES string of the molecule is C[C@@H](Br)c1nccc(=O)n1-c1ccc(F)cc1. The van der Waals surface area contributed by atoms with Crippen LogP contribution in [0, 0.1) is 5.82 Å². The lowest BCUT2D eigenvalue weighted by Gasteiger charge is -2.12. The molecular formula is C12H10BrFN2O. The van der Waals surface area contributed by atoms with Crippen molar-refractivity contribution in [1.82, 2.24) is 9.55 Å². The lowest BCUT2D eigenvalue weighted by Crippen LogP contribution is -2.22. The number of benzene rings is 1. The molecule has 0 spiro atoms. The quantitative estimate of drug-likeness (QED) is 0.799. The first-order valence-corrected chi connectivity index (χ1v) is 5.99. The molecule has 0 unspecified atom stereocenters. The molecular weight excluding hydrogens is 287 g/mol. The van der Waals surface area contributed by atoms with E-state index in [4.69, 9.17) is 0 Å². The molecule has 5 heteroatoms. The van der Waals surface area contributed by atoms with Crippen LogP contribution in [-0.2, 0) is 0 Å². The van der Waals surface area contributed by atoms with E-state index in [2.05, 4.69) is 20.9 Å². The van der Waals surface area contributed by atoms with Crippen LogP contribution in [0.4, 0.5) is 4.39 Å². The Labute approximate surface area is 106 Å². The summed E-state index contributed by atoms with van der Waals surface area (Å²) < 4.78 is 14.3. The van der Waals surface area contributed by atoms with Gasteiger partial charge in [-0.2, -0.15) is 0 Å². The van der Waals surface area contributed by atoms with Gasteiger partial charge in [0.05, 0.1) is 10.5 Å². The highest BCUT2D eigenvalue weighted by Gasteiger charge is 2.11. The van der Waals surface area contributed by atoms with E-state index in [0.717, 1.165) is 0 Å². The summed E-state index contributed by atoms with van der Waals surface area (Å²) in [5.41, 5.74) is 0.415. The van der Waals surface area contributed by atoms with Gasteiger partial charge in [-0.1, -0.05) is 15.9 Å². The third-order valence-corrected chi connectivity index (χ3v) is 2.72. The first-order valence-electron chi connectivity index (χ1n) is 5.07. The number of hydrogen-bond acceptors (Lipinski definition) is 2. The van der Waals surface area contributed by atoms with Crippen molar-refractivity contribution in [2.75, 3.05) is 0 Å². The number of rotatable bonds is 2. The van der Waals surface area contributed by atoms with Crippen molar-refractivity contribution < 1.29 is 4.39 Å². The lowest BCUT2D eigenvalue weighted by atomic mass is 10.3. The largest absolute Gasteiger partial charge is 0.269 e. The molecule has 2 rings (SSSR count). The van der Waals surface area contributed by atoms with Crippen molar-refractivity contribution in [2.45, 2.75) is 11.8 Å². The minimum absolute atomic E-state index is 0.0681. The van der Waals surface area contributed by atoms with Gasteiger partial charge in [-0.25, -0.2) is 9.37 Å². The Hall–Kier alpha value is -1.49. The minimum atomic E-state index is -0.334. The maximum atomic E-state index is 12.8. The molecule has 0 fully saturated rings. The van der Waals surface area contributed by atoms with E-state index in [1.807, 2.05) is 6.92 Å². The van der Waals surface area contributed by atoms with Gasteiger partial charge in [0.25, 0.3) is 5.56 Å². The lowest BCUT2D eigenvalue weighted by molar-refractivity contribution is 0.627. The first kappa shape index (κ1) is 12.0. The smallest absolute Gasteiger partial charge is 0.258 e. The Bertz CT molecular complexity index is 578. The summed E-state index contributed by atoms with van der Waals surface area (Å²) in [5.74, 6) is 0.253. The van der Waals surface area contributed by atoms with E-state index in [0.29, 0.717) is 11.5 Å². The molecule has 3 nitrogen and oxygen atoms in total. The number of aromatic nitrogens is 2. The Kier molecular flexibility index (Phi) is 3.38. The molecule has 1 aromatic heterocycles. The molecule has 1 atom stereocenters. The van der Waals surface area contributed by atoms with Crippen molar-refractivity contribution in [1.29, 1.82) is 0 Å². The predicted molar refractivity (Wildman–Crippen MR) is 67.1 cm³/mol. The molecule has 2 aromatic rings. The molecule has 0 N–H and O–H groups in total. The van der Waals surface area contributed by atoms with Gasteiger partial charge in [-0.3, -0.25) is 9.36 Å². The van der Waals surface area contributed by atoms with Crippen LogP contribution >= 0.6 is 15.9 Å². The van der Waals surface area contributed by atoms with Gasteiger partial charge in [-0.15, -0.1) is 0 Å². The number of nitrogens with zero attached hydrogens (tertiary/aromatic N) is 2. The molecule has 0 amide bonds. The maximum absolute atomic E-state index is 12.8. The Balaban J connectivity index is 2.65. The monoisotopic (exact) mass is 296 g/mol. The van der Waals surface area contributed by atoms with Crippen molar-refractivity contribution in [3.8, 4) is 5.69 Å². The zero-order valence-electron chi connectivity index (χ0n) is 9.10. The normalized spacial score (nSPS) is 12.4. The van der Waals surface area contributed by atoms with Gasteiger partial charge < -0.3 is 0 Å². The third kappa shape index (κ3) is 2.44. The Morgan fingerprint density at radius 1 is 1.29 bits per heavy atom. The van der Waals surface area contributed by atoms with Crippen LogP contribution in [0.25, 0.3) is 5.69 Å². The fraction of sp³-hybridized carbons (Fsp3) is 0.167. The highest BCUT2D eigenvalue weighted by molar-refractivity contribution is 9.09. The molecule has 0 aliphatic rings. The van der Waals surface area contributed by atoms with Crippen LogP contribution in [0.3, 0.4) is 0 Å².